The number of methoxy groups -OCH3 is 2. The Balaban J connectivity index is 1.91. The largest absolute Gasteiger partial charge is 0.497 e. The molecule has 7 nitrogen and oxygen atoms in total. The van der Waals surface area contributed by atoms with Gasteiger partial charge in [0.05, 0.1) is 14.2 Å². The van der Waals surface area contributed by atoms with Gasteiger partial charge in [0, 0.05) is 25.1 Å². The van der Waals surface area contributed by atoms with Crippen molar-refractivity contribution in [1.29, 1.82) is 0 Å². The molecule has 1 aromatic carbocycles. The molecule has 1 aromatic heterocycles. The molecule has 136 valence electrons. The van der Waals surface area contributed by atoms with E-state index in [2.05, 4.69) is 10.2 Å². The fourth-order valence-electron chi connectivity index (χ4n) is 2.96. The highest BCUT2D eigenvalue weighted by Gasteiger charge is 2.34. The number of hydrogen-bond acceptors (Lipinski definition) is 7. The standard InChI is InChI=1S/C16H21N3O4S2/c1-11-17-18-16(24-11)12-5-4-8-19(10-12)25(20,21)15-9-13(22-2)6-7-14(15)23-3/h6-7,9,12H,4-5,8,10H2,1-3H3/t12-/m1/s1. The average Bonchev–Trinajstić information content (AvgIpc) is 3.07. The smallest absolute Gasteiger partial charge is 0.246 e. The van der Waals surface area contributed by atoms with E-state index in [1.165, 1.54) is 35.9 Å². The van der Waals surface area contributed by atoms with Crippen molar-refractivity contribution in [2.45, 2.75) is 30.6 Å². The Morgan fingerprint density at radius 2 is 2.04 bits per heavy atom. The van der Waals surface area contributed by atoms with Gasteiger partial charge in [0.25, 0.3) is 0 Å². The lowest BCUT2D eigenvalue weighted by Crippen LogP contribution is -2.39. The number of benzene rings is 1. The van der Waals surface area contributed by atoms with Crippen LogP contribution in [0.25, 0.3) is 0 Å². The molecule has 9 heteroatoms. The molecule has 0 radical (unpaired) electrons. The van der Waals surface area contributed by atoms with Crippen molar-refractivity contribution in [3.8, 4) is 11.5 Å². The van der Waals surface area contributed by atoms with Gasteiger partial charge in [-0.2, -0.15) is 4.31 Å². The third kappa shape index (κ3) is 3.63. The highest BCUT2D eigenvalue weighted by Crippen LogP contribution is 2.35. The average molecular weight is 383 g/mol. The van der Waals surface area contributed by atoms with E-state index in [0.29, 0.717) is 24.6 Å². The SMILES string of the molecule is COc1ccc(OC)c(S(=O)(=O)N2CCC[C@@H](c3nnc(C)s3)C2)c1. The van der Waals surface area contributed by atoms with Crippen LogP contribution in [0.5, 0.6) is 11.5 Å². The molecule has 0 amide bonds. The van der Waals surface area contributed by atoms with Crippen LogP contribution in [-0.2, 0) is 10.0 Å². The quantitative estimate of drug-likeness (QED) is 0.789. The van der Waals surface area contributed by atoms with E-state index < -0.39 is 10.0 Å². The van der Waals surface area contributed by atoms with Crippen molar-refractivity contribution in [1.82, 2.24) is 14.5 Å². The van der Waals surface area contributed by atoms with Crippen molar-refractivity contribution in [2.75, 3.05) is 27.3 Å². The monoisotopic (exact) mass is 383 g/mol. The van der Waals surface area contributed by atoms with E-state index in [1.807, 2.05) is 6.92 Å². The molecule has 0 spiro atoms. The van der Waals surface area contributed by atoms with Gasteiger partial charge in [0.15, 0.2) is 0 Å². The maximum absolute atomic E-state index is 13.2. The Bertz CT molecular complexity index is 851. The van der Waals surface area contributed by atoms with E-state index in [-0.39, 0.29) is 10.8 Å². The first-order valence-electron chi connectivity index (χ1n) is 7.98. The molecule has 0 N–H and O–H groups in total. The highest BCUT2D eigenvalue weighted by molar-refractivity contribution is 7.89. The fourth-order valence-corrected chi connectivity index (χ4v) is 5.48. The maximum atomic E-state index is 13.2. The molecule has 1 fully saturated rings. The lowest BCUT2D eigenvalue weighted by Gasteiger charge is -2.31. The zero-order chi connectivity index (χ0) is 18.0. The Kier molecular flexibility index (Phi) is 5.26. The number of piperidine rings is 1. The lowest BCUT2D eigenvalue weighted by atomic mass is 10.0. The van der Waals surface area contributed by atoms with Gasteiger partial charge in [-0.05, 0) is 31.9 Å². The number of nitrogens with zero attached hydrogens (tertiary/aromatic N) is 3. The van der Waals surface area contributed by atoms with Crippen LogP contribution < -0.4 is 9.47 Å². The summed E-state index contributed by atoms with van der Waals surface area (Å²) in [6.45, 7) is 2.79. The molecule has 1 atom stereocenters. The maximum Gasteiger partial charge on any atom is 0.246 e. The predicted molar refractivity (Wildman–Crippen MR) is 94.9 cm³/mol. The van der Waals surface area contributed by atoms with Gasteiger partial charge in [-0.1, -0.05) is 0 Å². The zero-order valence-corrected chi connectivity index (χ0v) is 16.1. The Labute approximate surface area is 151 Å². The van der Waals surface area contributed by atoms with Crippen molar-refractivity contribution in [3.63, 3.8) is 0 Å². The molecule has 2 heterocycles. The third-order valence-electron chi connectivity index (χ3n) is 4.26. The van der Waals surface area contributed by atoms with Gasteiger partial charge in [-0.25, -0.2) is 8.42 Å². The second-order valence-electron chi connectivity index (χ2n) is 5.88. The second-order valence-corrected chi connectivity index (χ2v) is 9.00. The van der Waals surface area contributed by atoms with Crippen LogP contribution in [0, 0.1) is 6.92 Å². The van der Waals surface area contributed by atoms with Crippen molar-refractivity contribution >= 4 is 21.4 Å². The van der Waals surface area contributed by atoms with Crippen LogP contribution in [0.4, 0.5) is 0 Å². The molecule has 25 heavy (non-hydrogen) atoms. The minimum absolute atomic E-state index is 0.0753. The fraction of sp³-hybridized carbons (Fsp3) is 0.500. The Hall–Kier alpha value is -1.71. The van der Waals surface area contributed by atoms with E-state index in [1.54, 1.807) is 12.1 Å². The van der Waals surface area contributed by atoms with E-state index in [4.69, 9.17) is 9.47 Å². The van der Waals surface area contributed by atoms with Crippen LogP contribution in [-0.4, -0.2) is 50.2 Å². The number of aryl methyl sites for hydroxylation is 1. The minimum Gasteiger partial charge on any atom is -0.497 e. The zero-order valence-electron chi connectivity index (χ0n) is 14.4. The predicted octanol–water partition coefficient (Wildman–Crippen LogP) is 2.43. The summed E-state index contributed by atoms with van der Waals surface area (Å²) >= 11 is 1.53. The topological polar surface area (TPSA) is 81.6 Å². The van der Waals surface area contributed by atoms with Crippen LogP contribution in [0.2, 0.25) is 0 Å². The highest BCUT2D eigenvalue weighted by atomic mass is 32.2. The van der Waals surface area contributed by atoms with Crippen molar-refractivity contribution in [3.05, 3.63) is 28.2 Å². The molecule has 1 aliphatic rings. The van der Waals surface area contributed by atoms with Crippen LogP contribution >= 0.6 is 11.3 Å². The molecule has 0 unspecified atom stereocenters. The summed E-state index contributed by atoms with van der Waals surface area (Å²) in [6, 6.07) is 4.80. The normalized spacial score (nSPS) is 18.9. The number of ether oxygens (including phenoxy) is 2. The first-order chi connectivity index (χ1) is 12.0. The van der Waals surface area contributed by atoms with Gasteiger partial charge in [0.1, 0.15) is 26.4 Å². The van der Waals surface area contributed by atoms with Crippen molar-refractivity contribution in [2.24, 2.45) is 0 Å². The van der Waals surface area contributed by atoms with Gasteiger partial charge in [-0.3, -0.25) is 0 Å². The molecule has 2 aromatic rings. The molecule has 0 aliphatic carbocycles. The minimum atomic E-state index is -3.69. The third-order valence-corrected chi connectivity index (χ3v) is 7.15. The second kappa shape index (κ2) is 7.27. The van der Waals surface area contributed by atoms with Crippen molar-refractivity contribution < 1.29 is 17.9 Å². The summed E-state index contributed by atoms with van der Waals surface area (Å²) in [5.41, 5.74) is 0. The molecular weight excluding hydrogens is 362 g/mol. The van der Waals surface area contributed by atoms with Gasteiger partial charge < -0.3 is 9.47 Å². The number of aromatic nitrogens is 2. The number of sulfonamides is 1. The molecule has 0 bridgehead atoms. The Morgan fingerprint density at radius 3 is 2.68 bits per heavy atom. The van der Waals surface area contributed by atoms with Crippen LogP contribution in [0.15, 0.2) is 23.1 Å². The molecule has 3 rings (SSSR count). The summed E-state index contributed by atoms with van der Waals surface area (Å²) in [5, 5.41) is 10.0. The lowest BCUT2D eigenvalue weighted by molar-refractivity contribution is 0.312. The van der Waals surface area contributed by atoms with Gasteiger partial charge in [0.2, 0.25) is 10.0 Å². The molecular formula is C16H21N3O4S2. The summed E-state index contributed by atoms with van der Waals surface area (Å²) in [7, 11) is -0.718. The summed E-state index contributed by atoms with van der Waals surface area (Å²) in [4.78, 5) is 0.128. The van der Waals surface area contributed by atoms with Gasteiger partial charge >= 0.3 is 0 Å². The van der Waals surface area contributed by atoms with Crippen LogP contribution in [0.3, 0.4) is 0 Å². The van der Waals surface area contributed by atoms with E-state index in [0.717, 1.165) is 22.9 Å². The molecule has 1 aliphatic heterocycles. The van der Waals surface area contributed by atoms with E-state index >= 15 is 0 Å². The van der Waals surface area contributed by atoms with Gasteiger partial charge in [-0.15, -0.1) is 21.5 Å². The Morgan fingerprint density at radius 1 is 1.24 bits per heavy atom. The summed E-state index contributed by atoms with van der Waals surface area (Å²) in [5.74, 6) is 0.869. The van der Waals surface area contributed by atoms with E-state index in [9.17, 15) is 8.42 Å². The summed E-state index contributed by atoms with van der Waals surface area (Å²) in [6.07, 6.45) is 1.70. The first kappa shape index (κ1) is 18.1. The number of rotatable bonds is 5. The molecule has 0 saturated carbocycles. The molecule has 1 saturated heterocycles. The van der Waals surface area contributed by atoms with Crippen LogP contribution in [0.1, 0.15) is 28.8 Å². The first-order valence-corrected chi connectivity index (χ1v) is 10.2. The number of hydrogen-bond donors (Lipinski definition) is 0. The summed E-state index contributed by atoms with van der Waals surface area (Å²) < 4.78 is 38.3.